The van der Waals surface area contributed by atoms with Gasteiger partial charge in [-0.2, -0.15) is 18.3 Å². The summed E-state index contributed by atoms with van der Waals surface area (Å²) in [5.74, 6) is -0.919. The summed E-state index contributed by atoms with van der Waals surface area (Å²) >= 11 is 0. The minimum absolute atomic E-state index is 0.103. The van der Waals surface area contributed by atoms with Gasteiger partial charge in [0.15, 0.2) is 0 Å². The van der Waals surface area contributed by atoms with Crippen LogP contribution in [0.4, 0.5) is 18.9 Å². The van der Waals surface area contributed by atoms with E-state index in [9.17, 15) is 28.1 Å². The number of halogens is 3. The predicted molar refractivity (Wildman–Crippen MR) is 57.4 cm³/mol. The van der Waals surface area contributed by atoms with E-state index >= 15 is 0 Å². The molecule has 1 rings (SSSR count). The van der Waals surface area contributed by atoms with Crippen molar-refractivity contribution in [3.8, 4) is 0 Å². The van der Waals surface area contributed by atoms with Crippen LogP contribution >= 0.6 is 0 Å². The van der Waals surface area contributed by atoms with Crippen molar-refractivity contribution in [2.24, 2.45) is 0 Å². The molecular formula is C9H11F3N4O3. The van der Waals surface area contributed by atoms with Crippen molar-refractivity contribution in [1.82, 2.24) is 15.1 Å². The zero-order chi connectivity index (χ0) is 14.8. The zero-order valence-corrected chi connectivity index (χ0v) is 10.1. The van der Waals surface area contributed by atoms with E-state index in [0.717, 1.165) is 4.68 Å². The Morgan fingerprint density at radius 1 is 1.47 bits per heavy atom. The number of nitro groups is 1. The Kier molecular flexibility index (Phi) is 4.12. The number of rotatable bonds is 4. The first-order chi connectivity index (χ1) is 8.61. The van der Waals surface area contributed by atoms with Gasteiger partial charge in [0.05, 0.1) is 4.92 Å². The SMILES string of the molecule is Cc1nn(CC(=O)NCC(F)(F)F)c(C)c1[N+](=O)[O-]. The molecule has 0 aliphatic heterocycles. The zero-order valence-electron chi connectivity index (χ0n) is 10.1. The minimum Gasteiger partial charge on any atom is -0.345 e. The molecule has 1 heterocycles. The molecule has 1 N–H and O–H groups in total. The number of amides is 1. The van der Waals surface area contributed by atoms with E-state index in [-0.39, 0.29) is 17.1 Å². The minimum atomic E-state index is -4.50. The van der Waals surface area contributed by atoms with E-state index in [1.807, 2.05) is 0 Å². The first-order valence-electron chi connectivity index (χ1n) is 5.13. The second-order valence-corrected chi connectivity index (χ2v) is 3.83. The smallest absolute Gasteiger partial charge is 0.345 e. The maximum Gasteiger partial charge on any atom is 0.405 e. The fourth-order valence-electron chi connectivity index (χ4n) is 1.50. The molecule has 0 atom stereocenters. The highest BCUT2D eigenvalue weighted by molar-refractivity contribution is 5.75. The van der Waals surface area contributed by atoms with Crippen LogP contribution in [-0.4, -0.2) is 33.3 Å². The lowest BCUT2D eigenvalue weighted by Crippen LogP contribution is -2.36. The Morgan fingerprint density at radius 3 is 2.47 bits per heavy atom. The van der Waals surface area contributed by atoms with Crippen LogP contribution in [0.15, 0.2) is 0 Å². The van der Waals surface area contributed by atoms with Crippen LogP contribution < -0.4 is 5.32 Å². The monoisotopic (exact) mass is 280 g/mol. The number of aryl methyl sites for hydroxylation is 1. The molecular weight excluding hydrogens is 269 g/mol. The van der Waals surface area contributed by atoms with Gasteiger partial charge in [-0.15, -0.1) is 0 Å². The highest BCUT2D eigenvalue weighted by Crippen LogP contribution is 2.21. The van der Waals surface area contributed by atoms with Crippen molar-refractivity contribution in [3.05, 3.63) is 21.5 Å². The van der Waals surface area contributed by atoms with Crippen molar-refractivity contribution in [2.75, 3.05) is 6.54 Å². The van der Waals surface area contributed by atoms with Crippen LogP contribution in [0.2, 0.25) is 0 Å². The second-order valence-electron chi connectivity index (χ2n) is 3.83. The quantitative estimate of drug-likeness (QED) is 0.660. The molecule has 0 aromatic carbocycles. The first kappa shape index (κ1) is 14.9. The van der Waals surface area contributed by atoms with Crippen molar-refractivity contribution in [2.45, 2.75) is 26.6 Å². The number of hydrogen-bond donors (Lipinski definition) is 1. The second kappa shape index (κ2) is 5.24. The van der Waals surface area contributed by atoms with E-state index in [2.05, 4.69) is 5.10 Å². The Balaban J connectivity index is 2.76. The van der Waals surface area contributed by atoms with E-state index in [1.165, 1.54) is 13.8 Å². The largest absolute Gasteiger partial charge is 0.405 e. The molecule has 0 saturated heterocycles. The molecule has 7 nitrogen and oxygen atoms in total. The lowest BCUT2D eigenvalue weighted by Gasteiger charge is -2.08. The highest BCUT2D eigenvalue weighted by atomic mass is 19.4. The number of aromatic nitrogens is 2. The molecule has 1 aromatic heterocycles. The third kappa shape index (κ3) is 3.93. The predicted octanol–water partition coefficient (Wildman–Crippen LogP) is 1.09. The van der Waals surface area contributed by atoms with Gasteiger partial charge in [0.25, 0.3) is 0 Å². The van der Waals surface area contributed by atoms with Gasteiger partial charge in [0.2, 0.25) is 5.91 Å². The molecule has 0 spiro atoms. The Bertz CT molecular complexity index is 510. The van der Waals surface area contributed by atoms with Crippen molar-refractivity contribution >= 4 is 11.6 Å². The summed E-state index contributed by atoms with van der Waals surface area (Å²) in [6.07, 6.45) is -4.50. The van der Waals surface area contributed by atoms with Gasteiger partial charge >= 0.3 is 11.9 Å². The van der Waals surface area contributed by atoms with Crippen LogP contribution in [-0.2, 0) is 11.3 Å². The van der Waals surface area contributed by atoms with Gasteiger partial charge in [0, 0.05) is 0 Å². The molecule has 0 unspecified atom stereocenters. The molecule has 106 valence electrons. The third-order valence-electron chi connectivity index (χ3n) is 2.31. The third-order valence-corrected chi connectivity index (χ3v) is 2.31. The Labute approximate surface area is 105 Å². The number of carbonyl (C=O) groups is 1. The van der Waals surface area contributed by atoms with Crippen LogP contribution in [0, 0.1) is 24.0 Å². The van der Waals surface area contributed by atoms with Gasteiger partial charge in [-0.05, 0) is 13.8 Å². The number of carbonyl (C=O) groups excluding carboxylic acids is 1. The lowest BCUT2D eigenvalue weighted by atomic mass is 10.3. The summed E-state index contributed by atoms with van der Waals surface area (Å²) < 4.78 is 36.6. The van der Waals surface area contributed by atoms with Gasteiger partial charge in [-0.25, -0.2) is 0 Å². The standard InChI is InChI=1S/C9H11F3N4O3/c1-5-8(16(18)19)6(2)15(14-5)3-7(17)13-4-9(10,11)12/h3-4H2,1-2H3,(H,13,17). The molecule has 0 saturated carbocycles. The van der Waals surface area contributed by atoms with E-state index in [4.69, 9.17) is 0 Å². The maximum atomic E-state index is 11.9. The Hall–Kier alpha value is -2.13. The molecule has 0 radical (unpaired) electrons. The normalized spacial score (nSPS) is 11.4. The van der Waals surface area contributed by atoms with Gasteiger partial charge in [-0.3, -0.25) is 19.6 Å². The number of nitrogens with one attached hydrogen (secondary N) is 1. The lowest BCUT2D eigenvalue weighted by molar-refractivity contribution is -0.386. The summed E-state index contributed by atoms with van der Waals surface area (Å²) in [4.78, 5) is 21.3. The van der Waals surface area contributed by atoms with E-state index < -0.39 is 30.1 Å². The summed E-state index contributed by atoms with van der Waals surface area (Å²) in [5.41, 5.74) is -0.0283. The molecule has 0 fully saturated rings. The van der Waals surface area contributed by atoms with Crippen molar-refractivity contribution in [3.63, 3.8) is 0 Å². The molecule has 19 heavy (non-hydrogen) atoms. The molecule has 0 aliphatic rings. The average Bonchev–Trinajstić information content (AvgIpc) is 2.50. The summed E-state index contributed by atoms with van der Waals surface area (Å²) in [6.45, 7) is 0.800. The topological polar surface area (TPSA) is 90.1 Å². The fraction of sp³-hybridized carbons (Fsp3) is 0.556. The molecule has 10 heteroatoms. The summed E-state index contributed by atoms with van der Waals surface area (Å²) in [7, 11) is 0. The molecule has 1 amide bonds. The molecule has 0 bridgehead atoms. The van der Waals surface area contributed by atoms with Crippen molar-refractivity contribution in [1.29, 1.82) is 0 Å². The molecule has 0 aliphatic carbocycles. The van der Waals surface area contributed by atoms with Crippen LogP contribution in [0.25, 0.3) is 0 Å². The number of alkyl halides is 3. The fourth-order valence-corrected chi connectivity index (χ4v) is 1.50. The maximum absolute atomic E-state index is 11.9. The van der Waals surface area contributed by atoms with E-state index in [1.54, 1.807) is 5.32 Å². The first-order valence-corrected chi connectivity index (χ1v) is 5.13. The van der Waals surface area contributed by atoms with Gasteiger partial charge in [-0.1, -0.05) is 0 Å². The van der Waals surface area contributed by atoms with Crippen molar-refractivity contribution < 1.29 is 22.9 Å². The summed E-state index contributed by atoms with van der Waals surface area (Å²) in [6, 6.07) is 0. The average molecular weight is 280 g/mol. The number of hydrogen-bond acceptors (Lipinski definition) is 4. The van der Waals surface area contributed by atoms with Crippen LogP contribution in [0.3, 0.4) is 0 Å². The highest BCUT2D eigenvalue weighted by Gasteiger charge is 2.28. The Morgan fingerprint density at radius 2 is 2.05 bits per heavy atom. The van der Waals surface area contributed by atoms with Gasteiger partial charge in [0.1, 0.15) is 24.5 Å². The van der Waals surface area contributed by atoms with Gasteiger partial charge < -0.3 is 5.32 Å². The number of nitrogens with zero attached hydrogens (tertiary/aromatic N) is 3. The van der Waals surface area contributed by atoms with E-state index in [0.29, 0.717) is 0 Å². The molecule has 1 aromatic rings. The summed E-state index contributed by atoms with van der Waals surface area (Å²) in [5, 5.41) is 16.1. The van der Waals surface area contributed by atoms with Crippen LogP contribution in [0.1, 0.15) is 11.4 Å². The van der Waals surface area contributed by atoms with Crippen LogP contribution in [0.5, 0.6) is 0 Å².